The lowest BCUT2D eigenvalue weighted by molar-refractivity contribution is 0.0354. The molecular formula is C14H23NO2. The van der Waals surface area contributed by atoms with Crippen LogP contribution in [0.15, 0.2) is 16.7 Å². The predicted octanol–water partition coefficient (Wildman–Crippen LogP) is 3.06. The molecule has 17 heavy (non-hydrogen) atoms. The minimum Gasteiger partial charge on any atom is -0.467 e. The van der Waals surface area contributed by atoms with E-state index in [4.69, 9.17) is 9.15 Å². The first kappa shape index (κ1) is 12.7. The fraction of sp³-hybridized carbons (Fsp3) is 0.714. The molecule has 1 saturated heterocycles. The monoisotopic (exact) mass is 237 g/mol. The second-order valence-corrected chi connectivity index (χ2v) is 4.88. The van der Waals surface area contributed by atoms with E-state index in [1.807, 2.05) is 6.07 Å². The maximum absolute atomic E-state index is 5.66. The molecular weight excluding hydrogens is 214 g/mol. The van der Waals surface area contributed by atoms with Crippen molar-refractivity contribution in [3.8, 4) is 0 Å². The molecule has 0 saturated carbocycles. The van der Waals surface area contributed by atoms with Gasteiger partial charge in [0.1, 0.15) is 5.76 Å². The number of hydrogen-bond donors (Lipinski definition) is 1. The van der Waals surface area contributed by atoms with Crippen molar-refractivity contribution in [2.45, 2.75) is 39.2 Å². The molecule has 1 fully saturated rings. The molecule has 3 nitrogen and oxygen atoms in total. The van der Waals surface area contributed by atoms with Gasteiger partial charge < -0.3 is 14.5 Å². The standard InChI is InChI=1S/C14H23NO2/c1-3-7-15-13(12-5-4-8-16-10-12)14-11(2)6-9-17-14/h6,9,12-13,15H,3-5,7-8,10H2,1-2H3. The third-order valence-corrected chi connectivity index (χ3v) is 3.47. The first-order valence-corrected chi connectivity index (χ1v) is 6.68. The molecule has 0 amide bonds. The van der Waals surface area contributed by atoms with Crippen molar-refractivity contribution in [2.75, 3.05) is 19.8 Å². The maximum Gasteiger partial charge on any atom is 0.123 e. The van der Waals surface area contributed by atoms with Gasteiger partial charge in [0.05, 0.1) is 18.9 Å². The number of nitrogens with one attached hydrogen (secondary N) is 1. The van der Waals surface area contributed by atoms with Crippen LogP contribution in [-0.4, -0.2) is 19.8 Å². The topological polar surface area (TPSA) is 34.4 Å². The minimum atomic E-state index is 0.310. The second kappa shape index (κ2) is 6.22. The fourth-order valence-corrected chi connectivity index (χ4v) is 2.50. The molecule has 2 rings (SSSR count). The molecule has 0 spiro atoms. The van der Waals surface area contributed by atoms with Gasteiger partial charge >= 0.3 is 0 Å². The highest BCUT2D eigenvalue weighted by atomic mass is 16.5. The highest BCUT2D eigenvalue weighted by Gasteiger charge is 2.28. The third kappa shape index (κ3) is 3.11. The SMILES string of the molecule is CCCNC(c1occc1C)C1CCCOC1. The average Bonchev–Trinajstić information content (AvgIpc) is 2.78. The Morgan fingerprint density at radius 1 is 1.53 bits per heavy atom. The Bertz CT molecular complexity index is 329. The highest BCUT2D eigenvalue weighted by Crippen LogP contribution is 2.31. The lowest BCUT2D eigenvalue weighted by Crippen LogP contribution is -2.34. The Morgan fingerprint density at radius 2 is 2.41 bits per heavy atom. The minimum absolute atomic E-state index is 0.310. The summed E-state index contributed by atoms with van der Waals surface area (Å²) >= 11 is 0. The van der Waals surface area contributed by atoms with E-state index >= 15 is 0 Å². The van der Waals surface area contributed by atoms with Gasteiger partial charge in [-0.05, 0) is 44.4 Å². The zero-order valence-corrected chi connectivity index (χ0v) is 10.9. The van der Waals surface area contributed by atoms with Crippen molar-refractivity contribution in [2.24, 2.45) is 5.92 Å². The Balaban J connectivity index is 2.09. The van der Waals surface area contributed by atoms with Crippen molar-refractivity contribution in [1.29, 1.82) is 0 Å². The number of rotatable bonds is 5. The summed E-state index contributed by atoms with van der Waals surface area (Å²) in [4.78, 5) is 0. The molecule has 1 aliphatic heterocycles. The van der Waals surface area contributed by atoms with Crippen LogP contribution in [0, 0.1) is 12.8 Å². The maximum atomic E-state index is 5.66. The van der Waals surface area contributed by atoms with Crippen molar-refractivity contribution in [3.05, 3.63) is 23.7 Å². The van der Waals surface area contributed by atoms with Gasteiger partial charge in [0.15, 0.2) is 0 Å². The summed E-state index contributed by atoms with van der Waals surface area (Å²) in [6.07, 6.45) is 5.31. The molecule has 2 unspecified atom stereocenters. The van der Waals surface area contributed by atoms with Crippen molar-refractivity contribution >= 4 is 0 Å². The summed E-state index contributed by atoms with van der Waals surface area (Å²) in [5, 5.41) is 3.61. The summed E-state index contributed by atoms with van der Waals surface area (Å²) < 4.78 is 11.3. The van der Waals surface area contributed by atoms with Gasteiger partial charge in [-0.3, -0.25) is 0 Å². The molecule has 1 N–H and O–H groups in total. The second-order valence-electron chi connectivity index (χ2n) is 4.88. The van der Waals surface area contributed by atoms with E-state index in [1.54, 1.807) is 6.26 Å². The molecule has 96 valence electrons. The molecule has 0 radical (unpaired) electrons. The van der Waals surface area contributed by atoms with E-state index in [0.29, 0.717) is 12.0 Å². The van der Waals surface area contributed by atoms with E-state index in [-0.39, 0.29) is 0 Å². The van der Waals surface area contributed by atoms with Crippen LogP contribution in [0.3, 0.4) is 0 Å². The van der Waals surface area contributed by atoms with E-state index in [0.717, 1.165) is 38.4 Å². The highest BCUT2D eigenvalue weighted by molar-refractivity contribution is 5.19. The van der Waals surface area contributed by atoms with Gasteiger partial charge in [0.25, 0.3) is 0 Å². The lowest BCUT2D eigenvalue weighted by Gasteiger charge is -2.30. The summed E-state index contributed by atoms with van der Waals surface area (Å²) in [5.41, 5.74) is 1.24. The largest absolute Gasteiger partial charge is 0.467 e. The molecule has 0 bridgehead atoms. The van der Waals surface area contributed by atoms with Crippen LogP contribution in [-0.2, 0) is 4.74 Å². The molecule has 2 atom stereocenters. The number of ether oxygens (including phenoxy) is 1. The molecule has 0 aliphatic carbocycles. The summed E-state index contributed by atoms with van der Waals surface area (Å²) in [5.74, 6) is 1.63. The van der Waals surface area contributed by atoms with Crippen LogP contribution < -0.4 is 5.32 Å². The number of hydrogen-bond acceptors (Lipinski definition) is 3. The Morgan fingerprint density at radius 3 is 3.00 bits per heavy atom. The van der Waals surface area contributed by atoms with Gasteiger partial charge in [-0.1, -0.05) is 6.92 Å². The first-order valence-electron chi connectivity index (χ1n) is 6.68. The van der Waals surface area contributed by atoms with Crippen LogP contribution in [0.1, 0.15) is 43.6 Å². The normalized spacial score (nSPS) is 22.6. The van der Waals surface area contributed by atoms with Crippen molar-refractivity contribution < 1.29 is 9.15 Å². The summed E-state index contributed by atoms with van der Waals surface area (Å²) in [6, 6.07) is 2.35. The van der Waals surface area contributed by atoms with E-state index < -0.39 is 0 Å². The lowest BCUT2D eigenvalue weighted by atomic mass is 9.90. The quantitative estimate of drug-likeness (QED) is 0.854. The summed E-state index contributed by atoms with van der Waals surface area (Å²) in [7, 11) is 0. The Kier molecular flexibility index (Phi) is 4.63. The van der Waals surface area contributed by atoms with Crippen LogP contribution >= 0.6 is 0 Å². The van der Waals surface area contributed by atoms with Gasteiger partial charge in [-0.2, -0.15) is 0 Å². The van der Waals surface area contributed by atoms with Crippen LogP contribution in [0.4, 0.5) is 0 Å². The van der Waals surface area contributed by atoms with Crippen LogP contribution in [0.5, 0.6) is 0 Å². The predicted molar refractivity (Wildman–Crippen MR) is 68.0 cm³/mol. The zero-order chi connectivity index (χ0) is 12.1. The molecule has 1 aromatic rings. The number of furan rings is 1. The van der Waals surface area contributed by atoms with E-state index in [1.165, 1.54) is 12.0 Å². The molecule has 2 heterocycles. The summed E-state index contributed by atoms with van der Waals surface area (Å²) in [6.45, 7) is 7.09. The molecule has 1 aromatic heterocycles. The van der Waals surface area contributed by atoms with Crippen molar-refractivity contribution in [1.82, 2.24) is 5.32 Å². The van der Waals surface area contributed by atoms with Crippen LogP contribution in [0.2, 0.25) is 0 Å². The number of aryl methyl sites for hydroxylation is 1. The third-order valence-electron chi connectivity index (χ3n) is 3.47. The van der Waals surface area contributed by atoms with E-state index in [9.17, 15) is 0 Å². The fourth-order valence-electron chi connectivity index (χ4n) is 2.50. The van der Waals surface area contributed by atoms with Gasteiger partial charge in [-0.25, -0.2) is 0 Å². The zero-order valence-electron chi connectivity index (χ0n) is 10.9. The van der Waals surface area contributed by atoms with Gasteiger partial charge in [0, 0.05) is 12.5 Å². The molecule has 3 heteroatoms. The van der Waals surface area contributed by atoms with Gasteiger partial charge in [-0.15, -0.1) is 0 Å². The Labute approximate surface area is 104 Å². The Hall–Kier alpha value is -0.800. The van der Waals surface area contributed by atoms with Crippen LogP contribution in [0.25, 0.3) is 0 Å². The molecule has 1 aliphatic rings. The smallest absolute Gasteiger partial charge is 0.123 e. The average molecular weight is 237 g/mol. The van der Waals surface area contributed by atoms with E-state index in [2.05, 4.69) is 19.2 Å². The van der Waals surface area contributed by atoms with Crippen molar-refractivity contribution in [3.63, 3.8) is 0 Å². The molecule has 0 aromatic carbocycles. The van der Waals surface area contributed by atoms with Gasteiger partial charge in [0.2, 0.25) is 0 Å². The first-order chi connectivity index (χ1) is 8.33.